The van der Waals surface area contributed by atoms with Crippen molar-refractivity contribution in [1.82, 2.24) is 19.8 Å². The number of nitrogens with one attached hydrogen (secondary N) is 1. The van der Waals surface area contributed by atoms with Gasteiger partial charge in [0.25, 0.3) is 5.56 Å². The summed E-state index contributed by atoms with van der Waals surface area (Å²) in [4.78, 5) is 35.1. The van der Waals surface area contributed by atoms with Crippen LogP contribution in [-0.2, 0) is 18.9 Å². The van der Waals surface area contributed by atoms with E-state index in [1.165, 1.54) is 38.5 Å². The van der Waals surface area contributed by atoms with E-state index < -0.39 is 23.0 Å². The molecule has 0 saturated carbocycles. The van der Waals surface area contributed by atoms with Crippen LogP contribution in [0.4, 0.5) is 4.39 Å². The highest BCUT2D eigenvalue weighted by Crippen LogP contribution is 2.08. The molecule has 126 valence electrons. The van der Waals surface area contributed by atoms with Gasteiger partial charge in [0.15, 0.2) is 5.03 Å². The van der Waals surface area contributed by atoms with Gasteiger partial charge < -0.3 is 0 Å². The first kappa shape index (κ1) is 17.6. The van der Waals surface area contributed by atoms with Crippen molar-refractivity contribution in [2.24, 2.45) is 19.2 Å². The molecule has 1 aromatic carbocycles. The van der Waals surface area contributed by atoms with Crippen LogP contribution in [-0.4, -0.2) is 32.2 Å². The smallest absolute Gasteiger partial charge is 0.272 e. The molecule has 0 atom stereocenters. The number of carbonyl (C=O) groups is 1. The molecule has 0 aliphatic rings. The van der Waals surface area contributed by atoms with Crippen molar-refractivity contribution in [2.45, 2.75) is 5.03 Å². The van der Waals surface area contributed by atoms with Crippen LogP contribution >= 0.6 is 11.8 Å². The highest BCUT2D eigenvalue weighted by atomic mass is 32.2. The Morgan fingerprint density at radius 3 is 2.88 bits per heavy atom. The van der Waals surface area contributed by atoms with Gasteiger partial charge in [-0.25, -0.2) is 19.3 Å². The number of aryl methyl sites for hydroxylation is 1. The monoisotopic (exact) mass is 351 g/mol. The van der Waals surface area contributed by atoms with Crippen LogP contribution in [0, 0.1) is 5.82 Å². The fourth-order valence-corrected chi connectivity index (χ4v) is 2.46. The molecule has 0 saturated heterocycles. The predicted octanol–water partition coefficient (Wildman–Crippen LogP) is -0.139. The standard InChI is InChI=1S/C14H14FN5O3S/c1-19-13(22)12(18-20(2)14(19)23)24-8-11(21)17-16-7-9-4-3-5-10(15)6-9/h3-7H,8H2,1-2H3,(H,17,21)/b16-7-. The number of amides is 1. The number of hydrogen-bond acceptors (Lipinski definition) is 6. The third-order valence-electron chi connectivity index (χ3n) is 2.88. The number of halogens is 1. The molecule has 1 aromatic heterocycles. The summed E-state index contributed by atoms with van der Waals surface area (Å²) in [6, 6.07) is 5.72. The van der Waals surface area contributed by atoms with E-state index in [-0.39, 0.29) is 10.8 Å². The second-order valence-corrected chi connectivity index (χ2v) is 5.68. The Morgan fingerprint density at radius 2 is 2.17 bits per heavy atom. The van der Waals surface area contributed by atoms with Crippen molar-refractivity contribution in [3.63, 3.8) is 0 Å². The number of thioether (sulfide) groups is 1. The molecule has 0 aliphatic carbocycles. The van der Waals surface area contributed by atoms with E-state index >= 15 is 0 Å². The van der Waals surface area contributed by atoms with Crippen molar-refractivity contribution in [1.29, 1.82) is 0 Å². The van der Waals surface area contributed by atoms with E-state index in [2.05, 4.69) is 15.6 Å². The molecular formula is C14H14FN5O3S. The van der Waals surface area contributed by atoms with Crippen molar-refractivity contribution in [3.05, 3.63) is 56.5 Å². The minimum Gasteiger partial charge on any atom is -0.272 e. The minimum atomic E-state index is -0.570. The predicted molar refractivity (Wildman–Crippen MR) is 87.6 cm³/mol. The van der Waals surface area contributed by atoms with Crippen molar-refractivity contribution in [3.8, 4) is 0 Å². The molecule has 0 fully saturated rings. The lowest BCUT2D eigenvalue weighted by Gasteiger charge is -2.04. The van der Waals surface area contributed by atoms with Gasteiger partial charge >= 0.3 is 5.69 Å². The first-order chi connectivity index (χ1) is 11.4. The summed E-state index contributed by atoms with van der Waals surface area (Å²) in [7, 11) is 2.74. The molecule has 24 heavy (non-hydrogen) atoms. The van der Waals surface area contributed by atoms with Gasteiger partial charge in [0.1, 0.15) is 5.82 Å². The molecule has 8 nitrogen and oxygen atoms in total. The van der Waals surface area contributed by atoms with Gasteiger partial charge in [-0.2, -0.15) is 10.2 Å². The van der Waals surface area contributed by atoms with Crippen molar-refractivity contribution < 1.29 is 9.18 Å². The average molecular weight is 351 g/mol. The van der Waals surface area contributed by atoms with Gasteiger partial charge in [-0.1, -0.05) is 23.9 Å². The molecule has 2 aromatic rings. The number of carbonyl (C=O) groups excluding carboxylic acids is 1. The van der Waals surface area contributed by atoms with E-state index in [0.717, 1.165) is 21.0 Å². The van der Waals surface area contributed by atoms with Crippen LogP contribution in [0.25, 0.3) is 0 Å². The van der Waals surface area contributed by atoms with Gasteiger partial charge in [0.2, 0.25) is 5.91 Å². The van der Waals surface area contributed by atoms with Crippen LogP contribution < -0.4 is 16.7 Å². The molecule has 10 heteroatoms. The summed E-state index contributed by atoms with van der Waals surface area (Å²) < 4.78 is 14.9. The molecule has 1 N–H and O–H groups in total. The van der Waals surface area contributed by atoms with Crippen LogP contribution in [0.3, 0.4) is 0 Å². The molecule has 1 amide bonds. The maximum absolute atomic E-state index is 13.0. The number of hydrogen-bond donors (Lipinski definition) is 1. The van der Waals surface area contributed by atoms with Crippen LogP contribution in [0.15, 0.2) is 44.0 Å². The summed E-state index contributed by atoms with van der Waals surface area (Å²) in [6.07, 6.45) is 1.30. The number of nitrogens with zero attached hydrogens (tertiary/aromatic N) is 4. The van der Waals surface area contributed by atoms with E-state index in [0.29, 0.717) is 5.56 Å². The lowest BCUT2D eigenvalue weighted by atomic mass is 10.2. The zero-order valence-corrected chi connectivity index (χ0v) is 13.7. The number of benzene rings is 1. The Balaban J connectivity index is 1.95. The molecule has 1 heterocycles. The summed E-state index contributed by atoms with van der Waals surface area (Å²) >= 11 is 0.891. The third-order valence-corrected chi connectivity index (χ3v) is 3.82. The summed E-state index contributed by atoms with van der Waals surface area (Å²) in [5, 5.41) is 7.55. The number of rotatable bonds is 5. The van der Waals surface area contributed by atoms with Crippen LogP contribution in [0.5, 0.6) is 0 Å². The first-order valence-corrected chi connectivity index (χ1v) is 7.71. The maximum Gasteiger partial charge on any atom is 0.346 e. The summed E-state index contributed by atoms with van der Waals surface area (Å²) in [5.41, 5.74) is 1.64. The van der Waals surface area contributed by atoms with Crippen molar-refractivity contribution >= 4 is 23.9 Å². The fraction of sp³-hybridized carbons (Fsp3) is 0.214. The minimum absolute atomic E-state index is 0.0314. The average Bonchev–Trinajstić information content (AvgIpc) is 2.55. The molecular weight excluding hydrogens is 337 g/mol. The zero-order valence-electron chi connectivity index (χ0n) is 12.9. The Bertz CT molecular complexity index is 906. The van der Waals surface area contributed by atoms with Gasteiger partial charge in [0, 0.05) is 14.1 Å². The topological polar surface area (TPSA) is 98.3 Å². The Labute approximate surface area is 140 Å². The Morgan fingerprint density at radius 1 is 1.42 bits per heavy atom. The number of hydrazone groups is 1. The largest absolute Gasteiger partial charge is 0.346 e. The lowest BCUT2D eigenvalue weighted by molar-refractivity contribution is -0.118. The molecule has 0 aliphatic heterocycles. The lowest BCUT2D eigenvalue weighted by Crippen LogP contribution is -2.39. The van der Waals surface area contributed by atoms with Crippen LogP contribution in [0.2, 0.25) is 0 Å². The second kappa shape index (κ2) is 7.68. The highest BCUT2D eigenvalue weighted by Gasteiger charge is 2.11. The zero-order chi connectivity index (χ0) is 17.7. The third kappa shape index (κ3) is 4.38. The molecule has 2 rings (SSSR count). The molecule has 0 bridgehead atoms. The number of aromatic nitrogens is 3. The first-order valence-electron chi connectivity index (χ1n) is 6.73. The van der Waals surface area contributed by atoms with Gasteiger partial charge in [0.05, 0.1) is 12.0 Å². The molecule has 0 radical (unpaired) electrons. The van der Waals surface area contributed by atoms with Gasteiger partial charge in [-0.05, 0) is 17.7 Å². The van der Waals surface area contributed by atoms with E-state index in [1.54, 1.807) is 6.07 Å². The molecule has 0 spiro atoms. The van der Waals surface area contributed by atoms with Gasteiger partial charge in [-0.3, -0.25) is 14.2 Å². The second-order valence-electron chi connectivity index (χ2n) is 4.71. The highest BCUT2D eigenvalue weighted by molar-refractivity contribution is 7.99. The normalized spacial score (nSPS) is 11.0. The Hall–Kier alpha value is -2.75. The van der Waals surface area contributed by atoms with Crippen molar-refractivity contribution in [2.75, 3.05) is 5.75 Å². The quantitative estimate of drug-likeness (QED) is 0.459. The van der Waals surface area contributed by atoms with Gasteiger partial charge in [-0.15, -0.1) is 0 Å². The molecule has 0 unspecified atom stereocenters. The summed E-state index contributed by atoms with van der Waals surface area (Å²) in [5.74, 6) is -0.983. The summed E-state index contributed by atoms with van der Waals surface area (Å²) in [6.45, 7) is 0. The van der Waals surface area contributed by atoms with E-state index in [9.17, 15) is 18.8 Å². The van der Waals surface area contributed by atoms with E-state index in [1.807, 2.05) is 0 Å². The SMILES string of the molecule is Cn1nc(SCC(=O)N/N=C\c2cccc(F)c2)c(=O)n(C)c1=O. The van der Waals surface area contributed by atoms with E-state index in [4.69, 9.17) is 0 Å². The Kier molecular flexibility index (Phi) is 5.64. The van der Waals surface area contributed by atoms with Crippen LogP contribution in [0.1, 0.15) is 5.56 Å². The fourth-order valence-electron chi connectivity index (χ4n) is 1.69. The maximum atomic E-state index is 13.0.